The summed E-state index contributed by atoms with van der Waals surface area (Å²) in [4.78, 5) is 0. The molecule has 0 bridgehead atoms. The van der Waals surface area contributed by atoms with Gasteiger partial charge in [-0.05, 0) is 29.8 Å². The number of thioether (sulfide) groups is 1. The molecule has 0 saturated heterocycles. The molecule has 3 aromatic carbocycles. The number of hydrogen-bond donors (Lipinski definition) is 0. The van der Waals surface area contributed by atoms with E-state index in [9.17, 15) is 0 Å². The molecule has 1 heterocycles. The van der Waals surface area contributed by atoms with E-state index in [-0.39, 0.29) is 0 Å². The molecule has 3 nitrogen and oxygen atoms in total. The first-order valence-electron chi connectivity index (χ1n) is 8.93. The van der Waals surface area contributed by atoms with Gasteiger partial charge in [0.15, 0.2) is 11.0 Å². The minimum Gasteiger partial charge on any atom is -0.270 e. The van der Waals surface area contributed by atoms with Gasteiger partial charge in [-0.15, -0.1) is 10.2 Å². The summed E-state index contributed by atoms with van der Waals surface area (Å²) in [5.41, 5.74) is 3.06. The number of hydrogen-bond acceptors (Lipinski definition) is 3. The molecule has 0 fully saturated rings. The molecule has 0 aliphatic rings. The summed E-state index contributed by atoms with van der Waals surface area (Å²) in [5, 5.41) is 10.4. The van der Waals surface area contributed by atoms with Crippen LogP contribution in [0.15, 0.2) is 96.2 Å². The molecular formula is C23H18ClN3S. The van der Waals surface area contributed by atoms with Gasteiger partial charge >= 0.3 is 0 Å². The Kier molecular flexibility index (Phi) is 5.90. The zero-order valence-electron chi connectivity index (χ0n) is 15.1. The first-order valence-corrected chi connectivity index (χ1v) is 10.3. The highest BCUT2D eigenvalue weighted by Crippen LogP contribution is 2.31. The maximum atomic E-state index is 6.42. The Balaban J connectivity index is 1.64. The van der Waals surface area contributed by atoms with Crippen molar-refractivity contribution in [3.8, 4) is 17.1 Å². The highest BCUT2D eigenvalue weighted by atomic mass is 35.5. The van der Waals surface area contributed by atoms with Gasteiger partial charge in [-0.25, -0.2) is 0 Å². The topological polar surface area (TPSA) is 30.7 Å². The third-order valence-corrected chi connectivity index (χ3v) is 5.39. The number of para-hydroxylation sites is 1. The van der Waals surface area contributed by atoms with Gasteiger partial charge in [0.1, 0.15) is 0 Å². The lowest BCUT2D eigenvalue weighted by Crippen LogP contribution is -1.99. The summed E-state index contributed by atoms with van der Waals surface area (Å²) in [6, 6.07) is 28.1. The lowest BCUT2D eigenvalue weighted by atomic mass is 10.2. The van der Waals surface area contributed by atoms with Crippen molar-refractivity contribution in [2.45, 2.75) is 5.16 Å². The maximum Gasteiger partial charge on any atom is 0.196 e. The number of nitrogens with zero attached hydrogens (tertiary/aromatic N) is 3. The summed E-state index contributed by atoms with van der Waals surface area (Å²) < 4.78 is 2.06. The smallest absolute Gasteiger partial charge is 0.196 e. The van der Waals surface area contributed by atoms with Crippen molar-refractivity contribution in [2.24, 2.45) is 0 Å². The minimum absolute atomic E-state index is 0.660. The van der Waals surface area contributed by atoms with Crippen molar-refractivity contribution >= 4 is 29.4 Å². The Labute approximate surface area is 173 Å². The van der Waals surface area contributed by atoms with E-state index < -0.39 is 0 Å². The molecule has 0 aliphatic carbocycles. The van der Waals surface area contributed by atoms with Gasteiger partial charge in [0.05, 0.1) is 5.02 Å². The second-order valence-electron chi connectivity index (χ2n) is 6.08. The Morgan fingerprint density at radius 1 is 0.821 bits per heavy atom. The molecule has 0 radical (unpaired) electrons. The van der Waals surface area contributed by atoms with Crippen LogP contribution in [0.3, 0.4) is 0 Å². The normalized spacial score (nSPS) is 11.2. The van der Waals surface area contributed by atoms with Gasteiger partial charge in [-0.3, -0.25) is 4.57 Å². The van der Waals surface area contributed by atoms with Crippen LogP contribution in [0.25, 0.3) is 23.2 Å². The molecule has 0 aliphatic heterocycles. The Bertz CT molecular complexity index is 1080. The molecule has 28 heavy (non-hydrogen) atoms. The van der Waals surface area contributed by atoms with Gasteiger partial charge in [0.25, 0.3) is 0 Å². The molecule has 0 spiro atoms. The fourth-order valence-corrected chi connectivity index (χ4v) is 3.84. The van der Waals surface area contributed by atoms with Crippen LogP contribution >= 0.6 is 23.4 Å². The Morgan fingerprint density at radius 3 is 2.25 bits per heavy atom. The summed E-state index contributed by atoms with van der Waals surface area (Å²) in [6.07, 6.45) is 4.25. The quantitative estimate of drug-likeness (QED) is 0.349. The second kappa shape index (κ2) is 8.91. The summed E-state index contributed by atoms with van der Waals surface area (Å²) >= 11 is 8.06. The van der Waals surface area contributed by atoms with E-state index in [2.05, 4.69) is 39.0 Å². The van der Waals surface area contributed by atoms with Crippen LogP contribution in [-0.2, 0) is 0 Å². The lowest BCUT2D eigenvalue weighted by Gasteiger charge is -2.10. The van der Waals surface area contributed by atoms with Gasteiger partial charge in [0.2, 0.25) is 0 Å². The minimum atomic E-state index is 0.660. The summed E-state index contributed by atoms with van der Waals surface area (Å²) in [7, 11) is 0. The van der Waals surface area contributed by atoms with Crippen LogP contribution in [0.2, 0.25) is 5.02 Å². The molecule has 1 aromatic heterocycles. The SMILES string of the molecule is Clc1ccccc1-c1nnc(SCC=Cc2ccccc2)n1-c1ccccc1. The average Bonchev–Trinajstić information content (AvgIpc) is 3.16. The predicted molar refractivity (Wildman–Crippen MR) is 118 cm³/mol. The molecule has 0 saturated carbocycles. The molecule has 0 unspecified atom stereocenters. The first-order chi connectivity index (χ1) is 13.8. The van der Waals surface area contributed by atoms with E-state index in [0.29, 0.717) is 5.02 Å². The predicted octanol–water partition coefficient (Wildman–Crippen LogP) is 6.39. The van der Waals surface area contributed by atoms with Crippen LogP contribution in [0.1, 0.15) is 5.56 Å². The van der Waals surface area contributed by atoms with E-state index in [1.165, 1.54) is 5.56 Å². The van der Waals surface area contributed by atoms with Gasteiger partial charge < -0.3 is 0 Å². The Morgan fingerprint density at radius 2 is 1.50 bits per heavy atom. The molecular weight excluding hydrogens is 386 g/mol. The average molecular weight is 404 g/mol. The summed E-state index contributed by atoms with van der Waals surface area (Å²) in [6.45, 7) is 0. The van der Waals surface area contributed by atoms with Crippen molar-refractivity contribution in [1.29, 1.82) is 0 Å². The van der Waals surface area contributed by atoms with Crippen LogP contribution in [0.5, 0.6) is 0 Å². The maximum absolute atomic E-state index is 6.42. The number of rotatable bonds is 6. The largest absolute Gasteiger partial charge is 0.270 e. The highest BCUT2D eigenvalue weighted by Gasteiger charge is 2.17. The summed E-state index contributed by atoms with van der Waals surface area (Å²) in [5.74, 6) is 1.54. The number of benzene rings is 3. The Hall–Kier alpha value is -2.82. The van der Waals surface area contributed by atoms with E-state index >= 15 is 0 Å². The van der Waals surface area contributed by atoms with Gasteiger partial charge in [-0.2, -0.15) is 0 Å². The zero-order chi connectivity index (χ0) is 19.2. The van der Waals surface area contributed by atoms with Crippen LogP contribution in [0.4, 0.5) is 0 Å². The third-order valence-electron chi connectivity index (χ3n) is 4.18. The fraction of sp³-hybridized carbons (Fsp3) is 0.0435. The van der Waals surface area contributed by atoms with Crippen molar-refractivity contribution in [3.05, 3.63) is 102 Å². The van der Waals surface area contributed by atoms with Crippen LogP contribution in [0, 0.1) is 0 Å². The van der Waals surface area contributed by atoms with E-state index in [1.807, 2.05) is 72.8 Å². The lowest BCUT2D eigenvalue weighted by molar-refractivity contribution is 0.888. The first kappa shape index (κ1) is 18.5. The molecule has 0 atom stereocenters. The molecule has 0 amide bonds. The fourth-order valence-electron chi connectivity index (χ4n) is 2.86. The molecule has 5 heteroatoms. The number of halogens is 1. The van der Waals surface area contributed by atoms with Crippen LogP contribution < -0.4 is 0 Å². The standard InChI is InChI=1S/C23H18ClN3S/c24-21-16-8-7-15-20(21)22-25-26-23(27(22)19-13-5-2-6-14-19)28-17-9-12-18-10-3-1-4-11-18/h1-16H,17H2. The highest BCUT2D eigenvalue weighted by molar-refractivity contribution is 7.99. The monoisotopic (exact) mass is 403 g/mol. The van der Waals surface area contributed by atoms with Gasteiger partial charge in [-0.1, -0.05) is 96.2 Å². The zero-order valence-corrected chi connectivity index (χ0v) is 16.6. The van der Waals surface area contributed by atoms with Crippen LogP contribution in [-0.4, -0.2) is 20.5 Å². The molecule has 0 N–H and O–H groups in total. The van der Waals surface area contributed by atoms with Crippen molar-refractivity contribution in [3.63, 3.8) is 0 Å². The second-order valence-corrected chi connectivity index (χ2v) is 7.48. The number of aromatic nitrogens is 3. The van der Waals surface area contributed by atoms with Crippen molar-refractivity contribution < 1.29 is 0 Å². The molecule has 4 aromatic rings. The van der Waals surface area contributed by atoms with Crippen molar-refractivity contribution in [2.75, 3.05) is 5.75 Å². The molecule has 4 rings (SSSR count). The molecule has 138 valence electrons. The van der Waals surface area contributed by atoms with E-state index in [1.54, 1.807) is 11.8 Å². The third kappa shape index (κ3) is 4.19. The van der Waals surface area contributed by atoms with E-state index in [4.69, 9.17) is 11.6 Å². The van der Waals surface area contributed by atoms with Crippen molar-refractivity contribution in [1.82, 2.24) is 14.8 Å². The van der Waals surface area contributed by atoms with E-state index in [0.717, 1.165) is 28.0 Å². The van der Waals surface area contributed by atoms with Gasteiger partial charge in [0, 0.05) is 17.0 Å².